The van der Waals surface area contributed by atoms with Gasteiger partial charge >= 0.3 is 5.97 Å². The maximum Gasteiger partial charge on any atom is 0.314 e. The van der Waals surface area contributed by atoms with Crippen molar-refractivity contribution in [1.82, 2.24) is 0 Å². The normalized spacial score (nSPS) is 12.9. The molecule has 0 aromatic heterocycles. The summed E-state index contributed by atoms with van der Waals surface area (Å²) in [5.74, 6) is -2.11. The predicted octanol–water partition coefficient (Wildman–Crippen LogP) is 2.10. The highest BCUT2D eigenvalue weighted by Gasteiger charge is 2.26. The zero-order valence-electron chi connectivity index (χ0n) is 8.54. The number of Topliss-reactive ketones (excluding diaryl/α,β-unsaturated/α-hetero) is 1. The van der Waals surface area contributed by atoms with E-state index in [1.54, 1.807) is 13.8 Å². The molecule has 0 bridgehead atoms. The van der Waals surface area contributed by atoms with Crippen molar-refractivity contribution in [2.45, 2.75) is 40.0 Å². The molecule has 0 fully saturated rings. The summed E-state index contributed by atoms with van der Waals surface area (Å²) in [6.45, 7) is 5.47. The average molecular weight is 186 g/mol. The van der Waals surface area contributed by atoms with E-state index < -0.39 is 11.9 Å². The Bertz CT molecular complexity index is 185. The molecule has 0 radical (unpaired) electrons. The Morgan fingerprint density at radius 2 is 1.85 bits per heavy atom. The Balaban J connectivity index is 4.24. The van der Waals surface area contributed by atoms with E-state index in [1.165, 1.54) is 0 Å². The summed E-state index contributed by atoms with van der Waals surface area (Å²) in [7, 11) is 0. The van der Waals surface area contributed by atoms with Crippen LogP contribution >= 0.6 is 0 Å². The van der Waals surface area contributed by atoms with Gasteiger partial charge in [0.2, 0.25) is 0 Å². The predicted molar refractivity (Wildman–Crippen MR) is 50.5 cm³/mol. The minimum atomic E-state index is -0.979. The van der Waals surface area contributed by atoms with Gasteiger partial charge < -0.3 is 5.11 Å². The second kappa shape index (κ2) is 5.73. The quantitative estimate of drug-likeness (QED) is 0.646. The number of unbranched alkanes of at least 4 members (excludes halogenated alkanes) is 1. The molecule has 0 saturated carbocycles. The fourth-order valence-electron chi connectivity index (χ4n) is 1.20. The Labute approximate surface area is 79.1 Å². The second-order valence-electron chi connectivity index (χ2n) is 3.59. The number of aliphatic carboxylic acids is 1. The van der Waals surface area contributed by atoms with Gasteiger partial charge in [0.1, 0.15) is 11.7 Å². The van der Waals surface area contributed by atoms with E-state index in [9.17, 15) is 9.59 Å². The van der Waals surface area contributed by atoms with E-state index in [2.05, 4.69) is 0 Å². The maximum absolute atomic E-state index is 11.4. The van der Waals surface area contributed by atoms with Crippen molar-refractivity contribution in [2.24, 2.45) is 11.8 Å². The second-order valence-corrected chi connectivity index (χ2v) is 3.59. The highest BCUT2D eigenvalue weighted by Crippen LogP contribution is 2.14. The molecular weight excluding hydrogens is 168 g/mol. The number of carbonyl (C=O) groups excluding carboxylic acids is 1. The van der Waals surface area contributed by atoms with Gasteiger partial charge in [-0.15, -0.1) is 0 Å². The fourth-order valence-corrected chi connectivity index (χ4v) is 1.20. The first-order valence-electron chi connectivity index (χ1n) is 4.77. The largest absolute Gasteiger partial charge is 0.481 e. The maximum atomic E-state index is 11.4. The van der Waals surface area contributed by atoms with Crippen LogP contribution in [-0.2, 0) is 9.59 Å². The Morgan fingerprint density at radius 3 is 2.15 bits per heavy atom. The van der Waals surface area contributed by atoms with Crippen molar-refractivity contribution in [3.05, 3.63) is 0 Å². The molecule has 0 heterocycles. The zero-order chi connectivity index (χ0) is 10.4. The van der Waals surface area contributed by atoms with Crippen molar-refractivity contribution in [2.75, 3.05) is 0 Å². The number of rotatable bonds is 6. The highest BCUT2D eigenvalue weighted by molar-refractivity contribution is 5.99. The van der Waals surface area contributed by atoms with Gasteiger partial charge in [0.25, 0.3) is 0 Å². The molecule has 0 aliphatic carbocycles. The molecule has 0 saturated heterocycles. The van der Waals surface area contributed by atoms with Crippen molar-refractivity contribution >= 4 is 11.8 Å². The summed E-state index contributed by atoms with van der Waals surface area (Å²) in [6, 6.07) is 0. The van der Waals surface area contributed by atoms with E-state index in [-0.39, 0.29) is 11.7 Å². The molecule has 0 aliphatic heterocycles. The number of hydrogen-bond acceptors (Lipinski definition) is 2. The topological polar surface area (TPSA) is 54.4 Å². The van der Waals surface area contributed by atoms with Gasteiger partial charge in [-0.3, -0.25) is 9.59 Å². The molecule has 13 heavy (non-hydrogen) atoms. The summed E-state index contributed by atoms with van der Waals surface area (Å²) < 4.78 is 0. The van der Waals surface area contributed by atoms with Crippen LogP contribution in [0.2, 0.25) is 0 Å². The van der Waals surface area contributed by atoms with Crippen LogP contribution in [0.25, 0.3) is 0 Å². The Hall–Kier alpha value is -0.860. The minimum Gasteiger partial charge on any atom is -0.481 e. The van der Waals surface area contributed by atoms with Crippen LogP contribution in [0.1, 0.15) is 40.0 Å². The third-order valence-corrected chi connectivity index (χ3v) is 2.06. The van der Waals surface area contributed by atoms with Gasteiger partial charge in [-0.1, -0.05) is 33.6 Å². The summed E-state index contributed by atoms with van der Waals surface area (Å²) in [5, 5.41) is 8.80. The average Bonchev–Trinajstić information content (AvgIpc) is 2.04. The molecular formula is C10H18O3. The lowest BCUT2D eigenvalue weighted by Crippen LogP contribution is -2.27. The fraction of sp³-hybridized carbons (Fsp3) is 0.800. The van der Waals surface area contributed by atoms with Gasteiger partial charge in [-0.25, -0.2) is 0 Å². The lowest BCUT2D eigenvalue weighted by Gasteiger charge is -2.12. The summed E-state index contributed by atoms with van der Waals surface area (Å²) in [4.78, 5) is 22.1. The van der Waals surface area contributed by atoms with Crippen LogP contribution in [0.4, 0.5) is 0 Å². The van der Waals surface area contributed by atoms with Gasteiger partial charge in [-0.05, 0) is 6.42 Å². The molecule has 0 amide bonds. The number of carboxylic acids is 1. The first-order chi connectivity index (χ1) is 6.00. The number of ketones is 1. The van der Waals surface area contributed by atoms with Crippen molar-refractivity contribution in [1.29, 1.82) is 0 Å². The number of hydrogen-bond donors (Lipinski definition) is 1. The molecule has 1 N–H and O–H groups in total. The third-order valence-electron chi connectivity index (χ3n) is 2.06. The first kappa shape index (κ1) is 12.1. The van der Waals surface area contributed by atoms with E-state index in [0.717, 1.165) is 12.8 Å². The number of carbonyl (C=O) groups is 2. The van der Waals surface area contributed by atoms with E-state index in [0.29, 0.717) is 6.42 Å². The Kier molecular flexibility index (Phi) is 5.35. The summed E-state index contributed by atoms with van der Waals surface area (Å²) >= 11 is 0. The monoisotopic (exact) mass is 186 g/mol. The highest BCUT2D eigenvalue weighted by atomic mass is 16.4. The number of carboxylic acid groups (broad SMARTS) is 1. The van der Waals surface area contributed by atoms with Crippen molar-refractivity contribution in [3.63, 3.8) is 0 Å². The minimum absolute atomic E-state index is 0.152. The zero-order valence-corrected chi connectivity index (χ0v) is 8.54. The van der Waals surface area contributed by atoms with Crippen LogP contribution < -0.4 is 0 Å². The standard InChI is InChI=1S/C10H18O3/c1-4-5-6-8(10(12)13)9(11)7(2)3/h7-8H,4-6H2,1-3H3,(H,12,13). The molecule has 3 heteroatoms. The smallest absolute Gasteiger partial charge is 0.314 e. The SMILES string of the molecule is CCCCC(C(=O)O)C(=O)C(C)C. The molecule has 1 atom stereocenters. The van der Waals surface area contributed by atoms with Crippen LogP contribution in [0.5, 0.6) is 0 Å². The van der Waals surface area contributed by atoms with Crippen LogP contribution in [-0.4, -0.2) is 16.9 Å². The third kappa shape index (κ3) is 4.06. The van der Waals surface area contributed by atoms with E-state index in [1.807, 2.05) is 6.92 Å². The molecule has 0 aliphatic rings. The van der Waals surface area contributed by atoms with Crippen LogP contribution in [0, 0.1) is 11.8 Å². The van der Waals surface area contributed by atoms with Gasteiger partial charge in [-0.2, -0.15) is 0 Å². The van der Waals surface area contributed by atoms with E-state index in [4.69, 9.17) is 5.11 Å². The van der Waals surface area contributed by atoms with Gasteiger partial charge in [0.15, 0.2) is 0 Å². The molecule has 0 rings (SSSR count). The van der Waals surface area contributed by atoms with Gasteiger partial charge in [0, 0.05) is 5.92 Å². The molecule has 1 unspecified atom stereocenters. The molecule has 0 aromatic rings. The summed E-state index contributed by atoms with van der Waals surface area (Å²) in [5.41, 5.74) is 0. The lowest BCUT2D eigenvalue weighted by molar-refractivity contribution is -0.147. The van der Waals surface area contributed by atoms with E-state index >= 15 is 0 Å². The molecule has 0 aromatic carbocycles. The lowest BCUT2D eigenvalue weighted by atomic mass is 9.91. The van der Waals surface area contributed by atoms with Gasteiger partial charge in [0.05, 0.1) is 0 Å². The van der Waals surface area contributed by atoms with Crippen molar-refractivity contribution in [3.8, 4) is 0 Å². The molecule has 3 nitrogen and oxygen atoms in total. The first-order valence-corrected chi connectivity index (χ1v) is 4.77. The van der Waals surface area contributed by atoms with Crippen molar-refractivity contribution < 1.29 is 14.7 Å². The van der Waals surface area contributed by atoms with Crippen LogP contribution in [0.3, 0.4) is 0 Å². The molecule has 76 valence electrons. The summed E-state index contributed by atoms with van der Waals surface area (Å²) in [6.07, 6.45) is 2.20. The Morgan fingerprint density at radius 1 is 1.31 bits per heavy atom. The van der Waals surface area contributed by atoms with Crippen LogP contribution in [0.15, 0.2) is 0 Å². The molecule has 0 spiro atoms.